The fourth-order valence-corrected chi connectivity index (χ4v) is 2.36. The van der Waals surface area contributed by atoms with Gasteiger partial charge in [0.15, 0.2) is 0 Å². The van der Waals surface area contributed by atoms with Crippen molar-refractivity contribution in [3.63, 3.8) is 0 Å². The molecule has 1 saturated heterocycles. The van der Waals surface area contributed by atoms with E-state index in [0.29, 0.717) is 43.4 Å². The monoisotopic (exact) mass is 284 g/mol. The number of nitrogens with zero attached hydrogens (tertiary/aromatic N) is 2. The Bertz CT molecular complexity index is 459. The molecule has 2 rings (SSSR count). The number of amides is 1. The summed E-state index contributed by atoms with van der Waals surface area (Å²) in [6, 6.07) is 5.19. The first-order valence-corrected chi connectivity index (χ1v) is 6.70. The number of aromatic nitrogens is 1. The maximum atomic E-state index is 11.6. The van der Waals surface area contributed by atoms with Crippen LogP contribution in [0.25, 0.3) is 0 Å². The highest BCUT2D eigenvalue weighted by Crippen LogP contribution is 2.32. The van der Waals surface area contributed by atoms with E-state index in [2.05, 4.69) is 4.98 Å². The number of piperidine rings is 1. The van der Waals surface area contributed by atoms with E-state index in [-0.39, 0.29) is 6.09 Å². The molecule has 1 aromatic heterocycles. The Morgan fingerprint density at radius 1 is 1.53 bits per heavy atom. The van der Waals surface area contributed by atoms with Crippen molar-refractivity contribution in [3.8, 4) is 0 Å². The Hall–Kier alpha value is -1.33. The predicted octanol–water partition coefficient (Wildman–Crippen LogP) is 2.17. The van der Waals surface area contributed by atoms with E-state index in [1.54, 1.807) is 30.0 Å². The van der Waals surface area contributed by atoms with Crippen LogP contribution in [0.1, 0.15) is 25.5 Å². The molecule has 0 aliphatic carbocycles. The van der Waals surface area contributed by atoms with Gasteiger partial charge in [-0.15, -0.1) is 0 Å². The summed E-state index contributed by atoms with van der Waals surface area (Å²) in [5.41, 5.74) is -0.461. The van der Waals surface area contributed by atoms with Gasteiger partial charge in [-0.25, -0.2) is 9.78 Å². The number of ether oxygens (including phenoxy) is 1. The second kappa shape index (κ2) is 5.75. The molecule has 1 aromatic rings. The molecule has 0 unspecified atom stereocenters. The number of carbonyl (C=O) groups is 1. The van der Waals surface area contributed by atoms with Gasteiger partial charge in [0.05, 0.1) is 12.3 Å². The first kappa shape index (κ1) is 14.1. The lowest BCUT2D eigenvalue weighted by molar-refractivity contribution is -0.0276. The summed E-state index contributed by atoms with van der Waals surface area (Å²) in [5, 5.41) is 11.0. The summed E-state index contributed by atoms with van der Waals surface area (Å²) >= 11 is 5.84. The van der Waals surface area contributed by atoms with Gasteiger partial charge in [0.1, 0.15) is 10.8 Å². The van der Waals surface area contributed by atoms with Gasteiger partial charge in [-0.2, -0.15) is 0 Å². The van der Waals surface area contributed by atoms with Crippen molar-refractivity contribution in [1.82, 2.24) is 9.88 Å². The Morgan fingerprint density at radius 2 is 2.21 bits per heavy atom. The molecule has 5 nitrogen and oxygen atoms in total. The van der Waals surface area contributed by atoms with Crippen molar-refractivity contribution < 1.29 is 14.6 Å². The number of hydrogen-bond donors (Lipinski definition) is 1. The Balaban J connectivity index is 2.04. The molecule has 1 amide bonds. The summed E-state index contributed by atoms with van der Waals surface area (Å²) in [7, 11) is 0. The van der Waals surface area contributed by atoms with E-state index < -0.39 is 5.60 Å². The molecule has 0 spiro atoms. The Kier molecular flexibility index (Phi) is 4.27. The molecule has 6 heteroatoms. The van der Waals surface area contributed by atoms with Crippen molar-refractivity contribution in [3.05, 3.63) is 29.0 Å². The van der Waals surface area contributed by atoms with Crippen LogP contribution in [0.15, 0.2) is 18.2 Å². The normalized spacial score (nSPS) is 18.2. The van der Waals surface area contributed by atoms with Gasteiger partial charge >= 0.3 is 6.09 Å². The maximum Gasteiger partial charge on any atom is 0.409 e. The maximum absolute atomic E-state index is 11.6. The third-order valence-electron chi connectivity index (χ3n) is 3.31. The van der Waals surface area contributed by atoms with Crippen LogP contribution in [0.3, 0.4) is 0 Å². The van der Waals surface area contributed by atoms with Crippen LogP contribution in [0.4, 0.5) is 4.79 Å². The largest absolute Gasteiger partial charge is 0.450 e. The molecule has 19 heavy (non-hydrogen) atoms. The summed E-state index contributed by atoms with van der Waals surface area (Å²) in [4.78, 5) is 17.3. The van der Waals surface area contributed by atoms with Crippen LogP contribution in [0.5, 0.6) is 0 Å². The number of halogens is 1. The summed E-state index contributed by atoms with van der Waals surface area (Å²) in [6.07, 6.45) is 0.529. The lowest BCUT2D eigenvalue weighted by Gasteiger charge is -2.37. The van der Waals surface area contributed by atoms with Gasteiger partial charge in [-0.3, -0.25) is 0 Å². The third kappa shape index (κ3) is 3.16. The summed E-state index contributed by atoms with van der Waals surface area (Å²) in [5.74, 6) is 0. The minimum Gasteiger partial charge on any atom is -0.450 e. The van der Waals surface area contributed by atoms with Crippen LogP contribution < -0.4 is 0 Å². The minimum absolute atomic E-state index is 0.330. The van der Waals surface area contributed by atoms with Crippen LogP contribution in [-0.2, 0) is 10.3 Å². The number of pyridine rings is 1. The molecule has 104 valence electrons. The van der Waals surface area contributed by atoms with Crippen LogP contribution >= 0.6 is 11.6 Å². The van der Waals surface area contributed by atoms with E-state index in [9.17, 15) is 9.90 Å². The van der Waals surface area contributed by atoms with Crippen molar-refractivity contribution in [1.29, 1.82) is 0 Å². The molecule has 1 N–H and O–H groups in total. The fraction of sp³-hybridized carbons (Fsp3) is 0.538. The van der Waals surface area contributed by atoms with Gasteiger partial charge in [0.2, 0.25) is 0 Å². The van der Waals surface area contributed by atoms with Crippen LogP contribution in [-0.4, -0.2) is 40.8 Å². The van der Waals surface area contributed by atoms with Crippen LogP contribution in [0, 0.1) is 0 Å². The molecule has 0 aromatic carbocycles. The average Bonchev–Trinajstić information content (AvgIpc) is 2.40. The van der Waals surface area contributed by atoms with E-state index >= 15 is 0 Å². The molecule has 0 saturated carbocycles. The summed E-state index contributed by atoms with van der Waals surface area (Å²) in [6.45, 7) is 3.02. The lowest BCUT2D eigenvalue weighted by atomic mass is 9.88. The van der Waals surface area contributed by atoms with Crippen molar-refractivity contribution >= 4 is 17.7 Å². The van der Waals surface area contributed by atoms with Gasteiger partial charge < -0.3 is 14.7 Å². The molecule has 1 fully saturated rings. The highest BCUT2D eigenvalue weighted by Gasteiger charge is 2.37. The van der Waals surface area contributed by atoms with Crippen LogP contribution in [0.2, 0.25) is 5.15 Å². The quantitative estimate of drug-likeness (QED) is 0.846. The Labute approximate surface area is 117 Å². The summed E-state index contributed by atoms with van der Waals surface area (Å²) < 4.78 is 4.94. The van der Waals surface area contributed by atoms with Crippen molar-refractivity contribution in [2.24, 2.45) is 0 Å². The smallest absolute Gasteiger partial charge is 0.409 e. The number of carbonyl (C=O) groups excluding carboxylic acids is 1. The minimum atomic E-state index is -1.02. The second-order valence-electron chi connectivity index (χ2n) is 4.56. The van der Waals surface area contributed by atoms with E-state index in [1.165, 1.54) is 0 Å². The van der Waals surface area contributed by atoms with E-state index in [4.69, 9.17) is 16.3 Å². The van der Waals surface area contributed by atoms with E-state index in [1.807, 2.05) is 0 Å². The highest BCUT2D eigenvalue weighted by atomic mass is 35.5. The second-order valence-corrected chi connectivity index (χ2v) is 4.95. The zero-order chi connectivity index (χ0) is 13.9. The van der Waals surface area contributed by atoms with Gasteiger partial charge in [-0.1, -0.05) is 17.7 Å². The average molecular weight is 285 g/mol. The molecular weight excluding hydrogens is 268 g/mol. The van der Waals surface area contributed by atoms with Crippen molar-refractivity contribution in [2.45, 2.75) is 25.4 Å². The molecule has 0 radical (unpaired) electrons. The molecule has 1 aliphatic rings. The Morgan fingerprint density at radius 3 is 2.79 bits per heavy atom. The highest BCUT2D eigenvalue weighted by molar-refractivity contribution is 6.29. The molecular formula is C13H17ClN2O3. The molecule has 0 atom stereocenters. The van der Waals surface area contributed by atoms with Gasteiger partial charge in [0.25, 0.3) is 0 Å². The third-order valence-corrected chi connectivity index (χ3v) is 3.52. The van der Waals surface area contributed by atoms with Gasteiger partial charge in [0, 0.05) is 13.1 Å². The number of rotatable bonds is 2. The number of hydrogen-bond acceptors (Lipinski definition) is 4. The number of likely N-dealkylation sites (tertiary alicyclic amines) is 1. The molecule has 1 aliphatic heterocycles. The lowest BCUT2D eigenvalue weighted by Crippen LogP contribution is -2.45. The SMILES string of the molecule is CCOC(=O)N1CCC(O)(c2cccc(Cl)n2)CC1. The molecule has 2 heterocycles. The zero-order valence-electron chi connectivity index (χ0n) is 10.8. The molecule has 0 bridgehead atoms. The van der Waals surface area contributed by atoms with Gasteiger partial charge in [-0.05, 0) is 31.9 Å². The topological polar surface area (TPSA) is 62.7 Å². The zero-order valence-corrected chi connectivity index (χ0v) is 11.6. The first-order valence-electron chi connectivity index (χ1n) is 6.32. The fourth-order valence-electron chi connectivity index (χ4n) is 2.20. The predicted molar refractivity (Wildman–Crippen MR) is 71.0 cm³/mol. The number of aliphatic hydroxyl groups is 1. The standard InChI is InChI=1S/C13H17ClN2O3/c1-2-19-12(17)16-8-6-13(18,7-9-16)10-4-3-5-11(14)15-10/h3-5,18H,2,6-9H2,1H3. The first-order chi connectivity index (χ1) is 9.05. The van der Waals surface area contributed by atoms with E-state index in [0.717, 1.165) is 0 Å². The van der Waals surface area contributed by atoms with Crippen molar-refractivity contribution in [2.75, 3.05) is 19.7 Å².